The third-order valence-electron chi connectivity index (χ3n) is 6.37. The lowest BCUT2D eigenvalue weighted by atomic mass is 10.00. The molecular weight excluding hydrogens is 617 g/mol. The van der Waals surface area contributed by atoms with Crippen LogP contribution in [0, 0.1) is 0 Å². The van der Waals surface area contributed by atoms with Gasteiger partial charge < -0.3 is 10.2 Å². The normalized spacial score (nSPS) is 12.5. The summed E-state index contributed by atoms with van der Waals surface area (Å²) < 4.78 is 26.4. The van der Waals surface area contributed by atoms with Crippen molar-refractivity contribution >= 4 is 62.3 Å². The summed E-state index contributed by atoms with van der Waals surface area (Å²) in [6.07, 6.45) is 1.59. The Labute approximate surface area is 263 Å². The Kier molecular flexibility index (Phi) is 11.7. The van der Waals surface area contributed by atoms with Gasteiger partial charge in [-0.2, -0.15) is 0 Å². The maximum atomic E-state index is 13.9. The van der Waals surface area contributed by atoms with E-state index in [2.05, 4.69) is 5.32 Å². The smallest absolute Gasteiger partial charge is 0.243 e. The SMILES string of the molecule is CC(C)(C)NC(=O)[C@@H](Cc1ccccc1)N(Cc1ccc(Cl)cc1Cl)C(=O)CCCN(c1cccc(Cl)c1)S(C)(=O)=O. The highest BCUT2D eigenvalue weighted by Gasteiger charge is 2.32. The van der Waals surface area contributed by atoms with Crippen LogP contribution in [0.15, 0.2) is 72.8 Å². The molecule has 42 heavy (non-hydrogen) atoms. The number of benzene rings is 3. The van der Waals surface area contributed by atoms with Crippen molar-refractivity contribution < 1.29 is 18.0 Å². The molecule has 0 saturated carbocycles. The molecule has 0 saturated heterocycles. The van der Waals surface area contributed by atoms with Crippen molar-refractivity contribution in [2.24, 2.45) is 0 Å². The molecule has 7 nitrogen and oxygen atoms in total. The van der Waals surface area contributed by atoms with Crippen molar-refractivity contribution in [1.29, 1.82) is 0 Å². The average Bonchev–Trinajstić information content (AvgIpc) is 2.88. The maximum Gasteiger partial charge on any atom is 0.243 e. The van der Waals surface area contributed by atoms with E-state index in [1.807, 2.05) is 51.1 Å². The van der Waals surface area contributed by atoms with Crippen LogP contribution in [0.3, 0.4) is 0 Å². The number of rotatable bonds is 12. The second-order valence-electron chi connectivity index (χ2n) is 11.1. The Balaban J connectivity index is 1.93. The minimum atomic E-state index is -3.65. The van der Waals surface area contributed by atoms with Crippen LogP contribution >= 0.6 is 34.8 Å². The number of hydrogen-bond donors (Lipinski definition) is 1. The molecule has 3 aromatic rings. The molecular formula is C31H36Cl3N3O4S. The first-order valence-corrected chi connectivity index (χ1v) is 16.4. The molecule has 226 valence electrons. The topological polar surface area (TPSA) is 86.8 Å². The summed E-state index contributed by atoms with van der Waals surface area (Å²) in [7, 11) is -3.65. The van der Waals surface area contributed by atoms with Crippen LogP contribution in [-0.4, -0.2) is 49.5 Å². The van der Waals surface area contributed by atoms with Gasteiger partial charge in [-0.3, -0.25) is 13.9 Å². The van der Waals surface area contributed by atoms with Crippen LogP contribution in [0.4, 0.5) is 5.69 Å². The minimum absolute atomic E-state index is 0.00805. The number of anilines is 1. The second-order valence-corrected chi connectivity index (χ2v) is 14.3. The number of nitrogens with one attached hydrogen (secondary N) is 1. The maximum absolute atomic E-state index is 13.9. The molecule has 2 amide bonds. The van der Waals surface area contributed by atoms with E-state index in [9.17, 15) is 18.0 Å². The summed E-state index contributed by atoms with van der Waals surface area (Å²) in [4.78, 5) is 29.2. The summed E-state index contributed by atoms with van der Waals surface area (Å²) in [5, 5.41) is 4.25. The number of halogens is 3. The zero-order chi connectivity index (χ0) is 31.1. The fourth-order valence-corrected chi connectivity index (χ4v) is 6.09. The van der Waals surface area contributed by atoms with E-state index in [1.54, 1.807) is 42.5 Å². The third kappa shape index (κ3) is 10.2. The van der Waals surface area contributed by atoms with E-state index in [-0.39, 0.29) is 44.2 Å². The molecule has 1 N–H and O–H groups in total. The molecule has 0 aliphatic rings. The summed E-state index contributed by atoms with van der Waals surface area (Å²) in [6.45, 7) is 5.75. The monoisotopic (exact) mass is 651 g/mol. The lowest BCUT2D eigenvalue weighted by Gasteiger charge is -2.34. The van der Waals surface area contributed by atoms with Crippen molar-refractivity contribution in [3.8, 4) is 0 Å². The Bertz CT molecular complexity index is 1490. The molecule has 3 aromatic carbocycles. The lowest BCUT2D eigenvalue weighted by molar-refractivity contribution is -0.142. The van der Waals surface area contributed by atoms with Gasteiger partial charge in [0, 0.05) is 46.5 Å². The molecule has 0 aromatic heterocycles. The Hall–Kier alpha value is -2.78. The molecule has 0 fully saturated rings. The van der Waals surface area contributed by atoms with Crippen molar-refractivity contribution in [2.45, 2.75) is 58.2 Å². The Morgan fingerprint density at radius 1 is 0.905 bits per heavy atom. The summed E-state index contributed by atoms with van der Waals surface area (Å²) >= 11 is 18.7. The van der Waals surface area contributed by atoms with Crippen molar-refractivity contribution in [3.63, 3.8) is 0 Å². The van der Waals surface area contributed by atoms with E-state index in [0.717, 1.165) is 11.8 Å². The largest absolute Gasteiger partial charge is 0.350 e. The molecule has 0 spiro atoms. The molecule has 0 aliphatic heterocycles. The second kappa shape index (κ2) is 14.6. The average molecular weight is 653 g/mol. The first-order valence-electron chi connectivity index (χ1n) is 13.5. The Morgan fingerprint density at radius 3 is 2.17 bits per heavy atom. The van der Waals surface area contributed by atoms with E-state index in [4.69, 9.17) is 34.8 Å². The number of amides is 2. The van der Waals surface area contributed by atoms with E-state index < -0.39 is 21.6 Å². The highest BCUT2D eigenvalue weighted by atomic mass is 35.5. The predicted molar refractivity (Wildman–Crippen MR) is 172 cm³/mol. The van der Waals surface area contributed by atoms with E-state index >= 15 is 0 Å². The zero-order valence-electron chi connectivity index (χ0n) is 24.1. The van der Waals surface area contributed by atoms with Crippen LogP contribution in [-0.2, 0) is 32.6 Å². The van der Waals surface area contributed by atoms with Gasteiger partial charge in [0.25, 0.3) is 0 Å². The van der Waals surface area contributed by atoms with Gasteiger partial charge >= 0.3 is 0 Å². The zero-order valence-corrected chi connectivity index (χ0v) is 27.2. The van der Waals surface area contributed by atoms with Crippen LogP contribution in [0.25, 0.3) is 0 Å². The number of carbonyl (C=O) groups excluding carboxylic acids is 2. The standard InChI is InChI=1S/C31H36Cl3N3O4S/c1-31(2,3)35-30(39)28(18-22-10-6-5-7-11-22)36(21-23-15-16-25(33)20-27(23)34)29(38)14-9-17-37(42(4,40)41)26-13-8-12-24(32)19-26/h5-8,10-13,15-16,19-20,28H,9,14,17-18,21H2,1-4H3,(H,35,39)/t28-/m1/s1. The van der Waals surface area contributed by atoms with Gasteiger partial charge in [-0.25, -0.2) is 8.42 Å². The predicted octanol–water partition coefficient (Wildman–Crippen LogP) is 6.75. The van der Waals surface area contributed by atoms with Crippen LogP contribution in [0.5, 0.6) is 0 Å². The first-order chi connectivity index (χ1) is 19.6. The molecule has 0 aliphatic carbocycles. The number of nitrogens with zero attached hydrogens (tertiary/aromatic N) is 2. The molecule has 0 bridgehead atoms. The summed E-state index contributed by atoms with van der Waals surface area (Å²) in [5.41, 5.74) is 1.39. The highest BCUT2D eigenvalue weighted by Crippen LogP contribution is 2.26. The van der Waals surface area contributed by atoms with Crippen molar-refractivity contribution in [3.05, 3.63) is 99.0 Å². The number of carbonyl (C=O) groups is 2. The van der Waals surface area contributed by atoms with Gasteiger partial charge in [-0.1, -0.05) is 77.3 Å². The molecule has 3 rings (SSSR count). The van der Waals surface area contributed by atoms with Gasteiger partial charge in [0.1, 0.15) is 6.04 Å². The minimum Gasteiger partial charge on any atom is -0.350 e. The van der Waals surface area contributed by atoms with Gasteiger partial charge in [-0.05, 0) is 68.7 Å². The quantitative estimate of drug-likeness (QED) is 0.235. The fourth-order valence-electron chi connectivity index (χ4n) is 4.48. The summed E-state index contributed by atoms with van der Waals surface area (Å²) in [6, 6.07) is 20.2. The first kappa shape index (κ1) is 33.7. The van der Waals surface area contributed by atoms with Crippen molar-refractivity contribution in [2.75, 3.05) is 17.1 Å². The summed E-state index contributed by atoms with van der Waals surface area (Å²) in [5.74, 6) is -0.618. The highest BCUT2D eigenvalue weighted by molar-refractivity contribution is 7.92. The fraction of sp³-hybridized carbons (Fsp3) is 0.355. The van der Waals surface area contributed by atoms with Crippen LogP contribution in [0.1, 0.15) is 44.7 Å². The van der Waals surface area contributed by atoms with Crippen molar-refractivity contribution in [1.82, 2.24) is 10.2 Å². The van der Waals surface area contributed by atoms with Gasteiger partial charge in [0.15, 0.2) is 0 Å². The van der Waals surface area contributed by atoms with E-state index in [1.165, 1.54) is 9.21 Å². The lowest BCUT2D eigenvalue weighted by Crippen LogP contribution is -2.54. The van der Waals surface area contributed by atoms with Crippen LogP contribution in [0.2, 0.25) is 15.1 Å². The van der Waals surface area contributed by atoms with Gasteiger partial charge in [-0.15, -0.1) is 0 Å². The van der Waals surface area contributed by atoms with Gasteiger partial charge in [0.05, 0.1) is 11.9 Å². The Morgan fingerprint density at radius 2 is 1.57 bits per heavy atom. The molecule has 11 heteroatoms. The number of hydrogen-bond acceptors (Lipinski definition) is 4. The van der Waals surface area contributed by atoms with Gasteiger partial charge in [0.2, 0.25) is 21.8 Å². The molecule has 1 atom stereocenters. The van der Waals surface area contributed by atoms with E-state index in [0.29, 0.717) is 26.3 Å². The molecule has 0 heterocycles. The van der Waals surface area contributed by atoms with Crippen LogP contribution < -0.4 is 9.62 Å². The third-order valence-corrected chi connectivity index (χ3v) is 8.39. The number of sulfonamides is 1. The molecule has 0 unspecified atom stereocenters. The molecule has 0 radical (unpaired) electrons.